The fourth-order valence-electron chi connectivity index (χ4n) is 3.36. The summed E-state index contributed by atoms with van der Waals surface area (Å²) < 4.78 is 29.6. The molecule has 3 rings (SSSR count). The zero-order chi connectivity index (χ0) is 22.6. The number of hydrogen-bond donors (Lipinski definition) is 2. The number of benzene rings is 1. The highest BCUT2D eigenvalue weighted by Crippen LogP contribution is 2.41. The van der Waals surface area contributed by atoms with Crippen molar-refractivity contribution < 1.29 is 17.9 Å². The van der Waals surface area contributed by atoms with Crippen LogP contribution in [0.1, 0.15) is 52.0 Å². The summed E-state index contributed by atoms with van der Waals surface area (Å²) in [4.78, 5) is 20.6. The lowest BCUT2D eigenvalue weighted by Gasteiger charge is -2.34. The van der Waals surface area contributed by atoms with Gasteiger partial charge in [0.05, 0.1) is 16.8 Å². The Morgan fingerprint density at radius 2 is 1.71 bits per heavy atom. The maximum atomic E-state index is 12.2. The zero-order valence-electron chi connectivity index (χ0n) is 18.3. The molecule has 0 atom stereocenters. The van der Waals surface area contributed by atoms with Crippen LogP contribution in [0.15, 0.2) is 41.6 Å². The molecule has 31 heavy (non-hydrogen) atoms. The van der Waals surface area contributed by atoms with Crippen LogP contribution in [0.3, 0.4) is 0 Å². The molecule has 1 saturated carbocycles. The van der Waals surface area contributed by atoms with E-state index in [1.54, 1.807) is 50.5 Å². The Morgan fingerprint density at radius 3 is 2.26 bits per heavy atom. The van der Waals surface area contributed by atoms with Gasteiger partial charge in [-0.25, -0.2) is 23.2 Å². The van der Waals surface area contributed by atoms with Crippen molar-refractivity contribution in [1.82, 2.24) is 15.3 Å². The quantitative estimate of drug-likeness (QED) is 0.630. The van der Waals surface area contributed by atoms with Crippen LogP contribution in [-0.2, 0) is 14.6 Å². The van der Waals surface area contributed by atoms with Gasteiger partial charge in [0.2, 0.25) is 5.95 Å². The van der Waals surface area contributed by atoms with Gasteiger partial charge in [-0.2, -0.15) is 0 Å². The molecule has 168 valence electrons. The molecule has 1 aromatic heterocycles. The molecule has 1 heterocycles. The van der Waals surface area contributed by atoms with Crippen LogP contribution in [0.2, 0.25) is 0 Å². The summed E-state index contributed by atoms with van der Waals surface area (Å²) in [5.41, 5.74) is 1.78. The fraction of sp³-hybridized carbons (Fsp3) is 0.500. The van der Waals surface area contributed by atoms with Crippen molar-refractivity contribution in [3.63, 3.8) is 0 Å². The van der Waals surface area contributed by atoms with E-state index in [0.717, 1.165) is 24.1 Å². The van der Waals surface area contributed by atoms with E-state index in [4.69, 9.17) is 4.74 Å². The third-order valence-electron chi connectivity index (χ3n) is 5.30. The molecule has 0 radical (unpaired) electrons. The lowest BCUT2D eigenvalue weighted by Crippen LogP contribution is -2.34. The van der Waals surface area contributed by atoms with Crippen molar-refractivity contribution >= 4 is 27.6 Å². The van der Waals surface area contributed by atoms with Gasteiger partial charge in [-0.1, -0.05) is 0 Å². The number of carbonyl (C=O) groups excluding carboxylic acids is 1. The molecule has 1 fully saturated rings. The van der Waals surface area contributed by atoms with Crippen molar-refractivity contribution in [2.45, 2.75) is 62.6 Å². The predicted octanol–water partition coefficient (Wildman–Crippen LogP) is 4.03. The summed E-state index contributed by atoms with van der Waals surface area (Å²) in [7, 11) is -3.29. The highest BCUT2D eigenvalue weighted by molar-refractivity contribution is 7.92. The number of nitrogens with zero attached hydrogens (tertiary/aromatic N) is 2. The second-order valence-electron chi connectivity index (χ2n) is 8.51. The zero-order valence-corrected chi connectivity index (χ0v) is 19.1. The first-order chi connectivity index (χ1) is 14.6. The van der Waals surface area contributed by atoms with E-state index in [9.17, 15) is 13.2 Å². The number of hydrogen-bond acceptors (Lipinski definition) is 7. The van der Waals surface area contributed by atoms with Crippen molar-refractivity contribution in [1.29, 1.82) is 0 Å². The number of nitrogens with one attached hydrogen (secondary N) is 2. The lowest BCUT2D eigenvalue weighted by molar-refractivity contribution is 0.0930. The molecule has 1 amide bonds. The van der Waals surface area contributed by atoms with Crippen molar-refractivity contribution in [3.05, 3.63) is 42.2 Å². The average Bonchev–Trinajstić information content (AvgIpc) is 2.67. The standard InChI is InChI=1S/C22H30N4O4S/c1-14(2)25-22(27)30-13-16-9-17(10-16)18-11-23-21(24-12-18)26-19-5-7-20(8-6-19)31(28,29)15(3)4/h5-8,11-12,14-17H,9-10,13H2,1-4H3,(H,25,27)(H,23,24,26). The Bertz CT molecular complexity index is 983. The highest BCUT2D eigenvalue weighted by atomic mass is 32.2. The van der Waals surface area contributed by atoms with Crippen LogP contribution in [-0.4, -0.2) is 42.4 Å². The van der Waals surface area contributed by atoms with E-state index in [1.165, 1.54) is 0 Å². The van der Waals surface area contributed by atoms with Gasteiger partial charge in [-0.05, 0) is 82.2 Å². The van der Waals surface area contributed by atoms with E-state index in [2.05, 4.69) is 20.6 Å². The second kappa shape index (κ2) is 9.64. The minimum atomic E-state index is -3.29. The van der Waals surface area contributed by atoms with Crippen LogP contribution in [0, 0.1) is 5.92 Å². The number of amides is 1. The summed E-state index contributed by atoms with van der Waals surface area (Å²) in [5, 5.41) is 5.34. The first-order valence-electron chi connectivity index (χ1n) is 10.5. The van der Waals surface area contributed by atoms with E-state index >= 15 is 0 Å². The number of alkyl carbamates (subject to hydrolysis) is 1. The minimum Gasteiger partial charge on any atom is -0.449 e. The SMILES string of the molecule is CC(C)NC(=O)OCC1CC(c2cnc(Nc3ccc(S(=O)(=O)C(C)C)cc3)nc2)C1. The molecule has 1 aromatic carbocycles. The van der Waals surface area contributed by atoms with Crippen molar-refractivity contribution in [2.24, 2.45) is 5.92 Å². The Balaban J connectivity index is 1.49. The normalized spacial score (nSPS) is 18.5. The average molecular weight is 447 g/mol. The summed E-state index contributed by atoms with van der Waals surface area (Å²) in [6, 6.07) is 6.65. The monoisotopic (exact) mass is 446 g/mol. The first-order valence-corrected chi connectivity index (χ1v) is 12.1. The molecule has 0 spiro atoms. The fourth-order valence-corrected chi connectivity index (χ4v) is 4.42. The molecular weight excluding hydrogens is 416 g/mol. The Hall–Kier alpha value is -2.68. The third-order valence-corrected chi connectivity index (χ3v) is 7.47. The molecule has 1 aliphatic carbocycles. The Morgan fingerprint density at radius 1 is 1.10 bits per heavy atom. The van der Waals surface area contributed by atoms with E-state index in [0.29, 0.717) is 29.3 Å². The van der Waals surface area contributed by atoms with Gasteiger partial charge in [-0.15, -0.1) is 0 Å². The second-order valence-corrected chi connectivity index (χ2v) is 11.0. The Labute approximate surface area is 183 Å². The van der Waals surface area contributed by atoms with Crippen LogP contribution in [0.25, 0.3) is 0 Å². The third kappa shape index (κ3) is 5.94. The number of sulfone groups is 1. The first kappa shape index (κ1) is 23.0. The van der Waals surface area contributed by atoms with Crippen LogP contribution >= 0.6 is 0 Å². The van der Waals surface area contributed by atoms with Gasteiger partial charge in [0, 0.05) is 24.1 Å². The molecule has 0 aliphatic heterocycles. The molecule has 0 saturated heterocycles. The summed E-state index contributed by atoms with van der Waals surface area (Å²) in [6.07, 6.45) is 5.13. The molecule has 2 N–H and O–H groups in total. The molecule has 0 bridgehead atoms. The highest BCUT2D eigenvalue weighted by Gasteiger charge is 2.31. The van der Waals surface area contributed by atoms with Crippen molar-refractivity contribution in [3.8, 4) is 0 Å². The smallest absolute Gasteiger partial charge is 0.407 e. The number of rotatable bonds is 8. The topological polar surface area (TPSA) is 110 Å². The van der Waals surface area contributed by atoms with E-state index < -0.39 is 15.1 Å². The number of anilines is 2. The number of ether oxygens (including phenoxy) is 1. The van der Waals surface area contributed by atoms with E-state index in [1.807, 2.05) is 13.8 Å². The summed E-state index contributed by atoms with van der Waals surface area (Å²) in [6.45, 7) is 7.55. The van der Waals surface area contributed by atoms with Crippen LogP contribution in [0.4, 0.5) is 16.4 Å². The number of carbonyl (C=O) groups is 1. The van der Waals surface area contributed by atoms with Gasteiger partial charge in [0.25, 0.3) is 0 Å². The Kier molecular flexibility index (Phi) is 7.15. The lowest BCUT2D eigenvalue weighted by atomic mass is 9.72. The summed E-state index contributed by atoms with van der Waals surface area (Å²) >= 11 is 0. The molecular formula is C22H30N4O4S. The number of aromatic nitrogens is 2. The molecule has 9 heteroatoms. The maximum absolute atomic E-state index is 12.2. The molecule has 8 nitrogen and oxygen atoms in total. The van der Waals surface area contributed by atoms with Gasteiger partial charge in [0.15, 0.2) is 9.84 Å². The van der Waals surface area contributed by atoms with Crippen LogP contribution < -0.4 is 10.6 Å². The van der Waals surface area contributed by atoms with E-state index in [-0.39, 0.29) is 12.1 Å². The molecule has 1 aliphatic rings. The van der Waals surface area contributed by atoms with Gasteiger partial charge in [-0.3, -0.25) is 0 Å². The largest absolute Gasteiger partial charge is 0.449 e. The van der Waals surface area contributed by atoms with Crippen molar-refractivity contribution in [2.75, 3.05) is 11.9 Å². The minimum absolute atomic E-state index is 0.0666. The van der Waals surface area contributed by atoms with Gasteiger partial charge >= 0.3 is 6.09 Å². The predicted molar refractivity (Wildman–Crippen MR) is 119 cm³/mol. The molecule has 2 aromatic rings. The molecule has 0 unspecified atom stereocenters. The van der Waals surface area contributed by atoms with Crippen LogP contribution in [0.5, 0.6) is 0 Å². The summed E-state index contributed by atoms with van der Waals surface area (Å²) in [5.74, 6) is 1.19. The maximum Gasteiger partial charge on any atom is 0.407 e. The van der Waals surface area contributed by atoms with Gasteiger partial charge in [0.1, 0.15) is 0 Å². The van der Waals surface area contributed by atoms with Gasteiger partial charge < -0.3 is 15.4 Å².